The van der Waals surface area contributed by atoms with Crippen molar-refractivity contribution in [3.63, 3.8) is 0 Å². The fourth-order valence-electron chi connectivity index (χ4n) is 2.37. The van der Waals surface area contributed by atoms with Gasteiger partial charge in [0.15, 0.2) is 9.84 Å². The Kier molecular flexibility index (Phi) is 6.36. The average Bonchev–Trinajstić information content (AvgIpc) is 2.69. The topological polar surface area (TPSA) is 46.2 Å². The third-order valence-corrected chi connectivity index (χ3v) is 5.16. The SMILES string of the molecule is CCNCCCCS(=O)(=O)CC1CCCC1. The lowest BCUT2D eigenvalue weighted by molar-refractivity contribution is 0.554. The van der Waals surface area contributed by atoms with Crippen molar-refractivity contribution in [2.75, 3.05) is 24.6 Å². The molecule has 1 rings (SSSR count). The van der Waals surface area contributed by atoms with E-state index in [0.29, 0.717) is 17.4 Å². The van der Waals surface area contributed by atoms with Crippen molar-refractivity contribution in [2.24, 2.45) is 5.92 Å². The second kappa shape index (κ2) is 7.28. The van der Waals surface area contributed by atoms with E-state index in [-0.39, 0.29) is 0 Å². The lowest BCUT2D eigenvalue weighted by Gasteiger charge is -2.09. The first kappa shape index (κ1) is 14.0. The van der Waals surface area contributed by atoms with E-state index in [4.69, 9.17) is 0 Å². The summed E-state index contributed by atoms with van der Waals surface area (Å²) in [6, 6.07) is 0. The molecule has 0 saturated heterocycles. The van der Waals surface area contributed by atoms with Crippen LogP contribution in [0.4, 0.5) is 0 Å². The molecule has 1 aliphatic carbocycles. The summed E-state index contributed by atoms with van der Waals surface area (Å²) in [6.07, 6.45) is 6.47. The minimum Gasteiger partial charge on any atom is -0.317 e. The van der Waals surface area contributed by atoms with Gasteiger partial charge >= 0.3 is 0 Å². The van der Waals surface area contributed by atoms with Gasteiger partial charge < -0.3 is 5.32 Å². The monoisotopic (exact) mass is 247 g/mol. The highest BCUT2D eigenvalue weighted by molar-refractivity contribution is 7.91. The van der Waals surface area contributed by atoms with Crippen LogP contribution in [-0.2, 0) is 9.84 Å². The van der Waals surface area contributed by atoms with E-state index in [1.807, 2.05) is 0 Å². The lowest BCUT2D eigenvalue weighted by Crippen LogP contribution is -2.19. The van der Waals surface area contributed by atoms with E-state index in [1.165, 1.54) is 12.8 Å². The Bertz CT molecular complexity index is 269. The molecule has 1 aliphatic rings. The van der Waals surface area contributed by atoms with E-state index >= 15 is 0 Å². The fourth-order valence-corrected chi connectivity index (χ4v) is 4.23. The Labute approximate surface area is 99.9 Å². The molecule has 0 amide bonds. The summed E-state index contributed by atoms with van der Waals surface area (Å²) in [6.45, 7) is 3.97. The molecule has 1 saturated carbocycles. The smallest absolute Gasteiger partial charge is 0.150 e. The molecule has 0 bridgehead atoms. The molecule has 96 valence electrons. The highest BCUT2D eigenvalue weighted by Crippen LogP contribution is 2.26. The van der Waals surface area contributed by atoms with Gasteiger partial charge in [0.05, 0.1) is 11.5 Å². The summed E-state index contributed by atoms with van der Waals surface area (Å²) in [5.41, 5.74) is 0. The number of sulfone groups is 1. The standard InChI is InChI=1S/C12H25NO2S/c1-2-13-9-5-6-10-16(14,15)11-12-7-3-4-8-12/h12-13H,2-11H2,1H3. The Morgan fingerprint density at radius 3 is 2.50 bits per heavy atom. The quantitative estimate of drug-likeness (QED) is 0.667. The van der Waals surface area contributed by atoms with Gasteiger partial charge in [-0.1, -0.05) is 19.8 Å². The van der Waals surface area contributed by atoms with E-state index in [2.05, 4.69) is 12.2 Å². The Morgan fingerprint density at radius 2 is 1.88 bits per heavy atom. The predicted molar refractivity (Wildman–Crippen MR) is 68.4 cm³/mol. The van der Waals surface area contributed by atoms with Crippen LogP contribution in [0.5, 0.6) is 0 Å². The number of nitrogens with one attached hydrogen (secondary N) is 1. The van der Waals surface area contributed by atoms with Crippen molar-refractivity contribution in [1.82, 2.24) is 5.32 Å². The molecule has 0 unspecified atom stereocenters. The van der Waals surface area contributed by atoms with Gasteiger partial charge in [0.25, 0.3) is 0 Å². The second-order valence-electron chi connectivity index (χ2n) is 4.83. The molecule has 0 heterocycles. The Balaban J connectivity index is 2.13. The summed E-state index contributed by atoms with van der Waals surface area (Å²) in [7, 11) is -2.78. The summed E-state index contributed by atoms with van der Waals surface area (Å²) in [5.74, 6) is 1.28. The first-order valence-corrected chi connectivity index (χ1v) is 8.37. The predicted octanol–water partition coefficient (Wildman–Crippen LogP) is 1.98. The van der Waals surface area contributed by atoms with Crippen LogP contribution in [0.25, 0.3) is 0 Å². The van der Waals surface area contributed by atoms with Crippen LogP contribution in [-0.4, -0.2) is 33.0 Å². The molecular formula is C12H25NO2S. The third kappa shape index (κ3) is 5.85. The summed E-state index contributed by atoms with van der Waals surface area (Å²) < 4.78 is 23.6. The molecule has 4 heteroatoms. The minimum absolute atomic E-state index is 0.384. The zero-order valence-electron chi connectivity index (χ0n) is 10.4. The van der Waals surface area contributed by atoms with Gasteiger partial charge in [0.2, 0.25) is 0 Å². The third-order valence-electron chi connectivity index (χ3n) is 3.27. The Hall–Kier alpha value is -0.0900. The van der Waals surface area contributed by atoms with Gasteiger partial charge in [0.1, 0.15) is 0 Å². The highest BCUT2D eigenvalue weighted by atomic mass is 32.2. The van der Waals surface area contributed by atoms with Crippen LogP contribution in [0.2, 0.25) is 0 Å². The highest BCUT2D eigenvalue weighted by Gasteiger charge is 2.21. The van der Waals surface area contributed by atoms with Crippen molar-refractivity contribution >= 4 is 9.84 Å². The van der Waals surface area contributed by atoms with Crippen LogP contribution >= 0.6 is 0 Å². The van der Waals surface area contributed by atoms with Gasteiger partial charge in [-0.15, -0.1) is 0 Å². The van der Waals surface area contributed by atoms with Crippen molar-refractivity contribution in [2.45, 2.75) is 45.4 Å². The van der Waals surface area contributed by atoms with Crippen molar-refractivity contribution in [3.05, 3.63) is 0 Å². The molecule has 1 fully saturated rings. The van der Waals surface area contributed by atoms with Crippen LogP contribution in [0.15, 0.2) is 0 Å². The first-order chi connectivity index (χ1) is 7.64. The van der Waals surface area contributed by atoms with Crippen LogP contribution in [0.3, 0.4) is 0 Å². The van der Waals surface area contributed by atoms with Crippen molar-refractivity contribution < 1.29 is 8.42 Å². The number of rotatable bonds is 8. The van der Waals surface area contributed by atoms with Crippen molar-refractivity contribution in [1.29, 1.82) is 0 Å². The average molecular weight is 247 g/mol. The normalized spacial score (nSPS) is 18.1. The molecule has 0 aromatic heterocycles. The van der Waals surface area contributed by atoms with E-state index in [9.17, 15) is 8.42 Å². The minimum atomic E-state index is -2.78. The maximum atomic E-state index is 11.8. The molecule has 0 aliphatic heterocycles. The van der Waals surface area contributed by atoms with Gasteiger partial charge in [0, 0.05) is 0 Å². The van der Waals surface area contributed by atoms with Crippen LogP contribution in [0.1, 0.15) is 45.4 Å². The zero-order chi connectivity index (χ0) is 11.9. The van der Waals surface area contributed by atoms with E-state index in [0.717, 1.165) is 38.8 Å². The van der Waals surface area contributed by atoms with E-state index in [1.54, 1.807) is 0 Å². The van der Waals surface area contributed by atoms with Gasteiger partial charge in [-0.2, -0.15) is 0 Å². The van der Waals surface area contributed by atoms with E-state index < -0.39 is 9.84 Å². The zero-order valence-corrected chi connectivity index (χ0v) is 11.2. The Morgan fingerprint density at radius 1 is 1.19 bits per heavy atom. The van der Waals surface area contributed by atoms with Gasteiger partial charge in [-0.05, 0) is 44.7 Å². The molecule has 16 heavy (non-hydrogen) atoms. The molecule has 0 radical (unpaired) electrons. The molecule has 0 aromatic rings. The second-order valence-corrected chi connectivity index (χ2v) is 7.05. The molecule has 3 nitrogen and oxygen atoms in total. The summed E-state index contributed by atoms with van der Waals surface area (Å²) in [5, 5.41) is 3.21. The van der Waals surface area contributed by atoms with Crippen LogP contribution < -0.4 is 5.32 Å². The molecule has 0 aromatic carbocycles. The molecular weight excluding hydrogens is 222 g/mol. The van der Waals surface area contributed by atoms with Crippen molar-refractivity contribution in [3.8, 4) is 0 Å². The number of hydrogen-bond donors (Lipinski definition) is 1. The summed E-state index contributed by atoms with van der Waals surface area (Å²) >= 11 is 0. The number of unbranched alkanes of at least 4 members (excludes halogenated alkanes) is 1. The lowest BCUT2D eigenvalue weighted by atomic mass is 10.1. The maximum absolute atomic E-state index is 11.8. The van der Waals surface area contributed by atoms with Crippen LogP contribution in [0, 0.1) is 5.92 Å². The molecule has 0 atom stereocenters. The molecule has 1 N–H and O–H groups in total. The fraction of sp³-hybridized carbons (Fsp3) is 1.00. The number of hydrogen-bond acceptors (Lipinski definition) is 3. The van der Waals surface area contributed by atoms with Gasteiger partial charge in [-0.25, -0.2) is 8.42 Å². The maximum Gasteiger partial charge on any atom is 0.150 e. The molecule has 0 spiro atoms. The largest absolute Gasteiger partial charge is 0.317 e. The first-order valence-electron chi connectivity index (χ1n) is 6.55. The van der Waals surface area contributed by atoms with Gasteiger partial charge in [-0.3, -0.25) is 0 Å². The summed E-state index contributed by atoms with van der Waals surface area (Å²) in [4.78, 5) is 0.